The van der Waals surface area contributed by atoms with E-state index in [0.29, 0.717) is 30.7 Å². The van der Waals surface area contributed by atoms with Crippen molar-refractivity contribution in [2.45, 2.75) is 39.8 Å². The molecule has 4 aromatic rings. The van der Waals surface area contributed by atoms with E-state index in [1.807, 2.05) is 54.6 Å². The molecule has 3 aromatic carbocycles. The number of nitrogens with one attached hydrogen (secondary N) is 1. The van der Waals surface area contributed by atoms with E-state index < -0.39 is 5.69 Å². The largest absolute Gasteiger partial charge is 0.372 e. The lowest BCUT2D eigenvalue weighted by Crippen LogP contribution is -2.42. The second-order valence-electron chi connectivity index (χ2n) is 8.01. The summed E-state index contributed by atoms with van der Waals surface area (Å²) in [5, 5.41) is 3.29. The average Bonchev–Trinajstić information content (AvgIpc) is 2.87. The number of carbonyl (C=O) groups excluding carboxylic acids is 1. The summed E-state index contributed by atoms with van der Waals surface area (Å²) in [6, 6.07) is 24.7. The molecule has 34 heavy (non-hydrogen) atoms. The van der Waals surface area contributed by atoms with Crippen molar-refractivity contribution < 1.29 is 9.53 Å². The van der Waals surface area contributed by atoms with Gasteiger partial charge >= 0.3 is 5.69 Å². The lowest BCUT2D eigenvalue weighted by molar-refractivity contribution is -0.121. The van der Waals surface area contributed by atoms with Crippen LogP contribution in [0.4, 0.5) is 0 Å². The third kappa shape index (κ3) is 5.32. The maximum Gasteiger partial charge on any atom is 0.331 e. The van der Waals surface area contributed by atoms with Crippen molar-refractivity contribution in [2.75, 3.05) is 0 Å². The maximum absolute atomic E-state index is 12.8. The molecule has 0 atom stereocenters. The summed E-state index contributed by atoms with van der Waals surface area (Å²) in [6.07, 6.45) is 0. The predicted octanol–water partition coefficient (Wildman–Crippen LogP) is 3.22. The van der Waals surface area contributed by atoms with Gasteiger partial charge in [0, 0.05) is 13.1 Å². The first-order valence-electron chi connectivity index (χ1n) is 11.3. The molecule has 1 N–H and O–H groups in total. The minimum Gasteiger partial charge on any atom is -0.372 e. The number of rotatable bonds is 9. The normalized spacial score (nSPS) is 11.0. The van der Waals surface area contributed by atoms with Gasteiger partial charge in [0.1, 0.15) is 6.54 Å². The van der Waals surface area contributed by atoms with Crippen molar-refractivity contribution in [1.29, 1.82) is 0 Å². The first-order valence-corrected chi connectivity index (χ1v) is 11.3. The Balaban J connectivity index is 1.40. The third-order valence-corrected chi connectivity index (χ3v) is 5.61. The molecular formula is C27H27N3O4. The van der Waals surface area contributed by atoms with Crippen LogP contribution in [0.1, 0.15) is 23.6 Å². The highest BCUT2D eigenvalue weighted by Gasteiger charge is 2.14. The monoisotopic (exact) mass is 457 g/mol. The smallest absolute Gasteiger partial charge is 0.331 e. The van der Waals surface area contributed by atoms with Gasteiger partial charge in [-0.25, -0.2) is 4.79 Å². The van der Waals surface area contributed by atoms with E-state index in [0.717, 1.165) is 21.3 Å². The number of para-hydroxylation sites is 1. The quantitative estimate of drug-likeness (QED) is 0.418. The van der Waals surface area contributed by atoms with E-state index in [1.165, 1.54) is 4.57 Å². The van der Waals surface area contributed by atoms with Crippen LogP contribution in [0.15, 0.2) is 88.5 Å². The Morgan fingerprint density at radius 2 is 1.50 bits per heavy atom. The third-order valence-electron chi connectivity index (χ3n) is 5.61. The number of fused-ring (bicyclic) bond motifs is 1. The van der Waals surface area contributed by atoms with Gasteiger partial charge in [-0.3, -0.25) is 18.7 Å². The Hall–Kier alpha value is -3.97. The number of carbonyl (C=O) groups is 1. The Morgan fingerprint density at radius 1 is 0.824 bits per heavy atom. The van der Waals surface area contributed by atoms with E-state index in [1.54, 1.807) is 31.2 Å². The van der Waals surface area contributed by atoms with Crippen molar-refractivity contribution in [2.24, 2.45) is 0 Å². The lowest BCUT2D eigenvalue weighted by Gasteiger charge is -2.13. The lowest BCUT2D eigenvalue weighted by atomic mass is 10.1. The number of benzene rings is 3. The molecule has 0 saturated carbocycles. The first-order chi connectivity index (χ1) is 16.6. The highest BCUT2D eigenvalue weighted by molar-refractivity contribution is 5.81. The summed E-state index contributed by atoms with van der Waals surface area (Å²) in [4.78, 5) is 38.1. The maximum atomic E-state index is 12.8. The van der Waals surface area contributed by atoms with Crippen molar-refractivity contribution in [3.63, 3.8) is 0 Å². The highest BCUT2D eigenvalue weighted by Crippen LogP contribution is 2.10. The van der Waals surface area contributed by atoms with E-state index in [-0.39, 0.29) is 24.6 Å². The summed E-state index contributed by atoms with van der Waals surface area (Å²) >= 11 is 0. The van der Waals surface area contributed by atoms with Crippen LogP contribution in [0.3, 0.4) is 0 Å². The molecule has 0 aliphatic heterocycles. The van der Waals surface area contributed by atoms with E-state index in [9.17, 15) is 14.4 Å². The summed E-state index contributed by atoms with van der Waals surface area (Å²) in [7, 11) is 0. The molecule has 174 valence electrons. The summed E-state index contributed by atoms with van der Waals surface area (Å²) in [5.41, 5.74) is 2.69. The van der Waals surface area contributed by atoms with Crippen LogP contribution in [0.5, 0.6) is 0 Å². The van der Waals surface area contributed by atoms with Crippen molar-refractivity contribution in [1.82, 2.24) is 14.5 Å². The Kier molecular flexibility index (Phi) is 7.34. The molecule has 1 amide bonds. The van der Waals surface area contributed by atoms with E-state index in [2.05, 4.69) is 5.32 Å². The molecule has 0 saturated heterocycles. The van der Waals surface area contributed by atoms with Crippen molar-refractivity contribution in [3.8, 4) is 0 Å². The fourth-order valence-electron chi connectivity index (χ4n) is 3.89. The number of amides is 1. The number of hydrogen-bond donors (Lipinski definition) is 1. The SMILES string of the molecule is CCn1c(=O)c2ccccc2n(CC(=O)NCc2cccc(COCc3ccccc3)c2)c1=O. The van der Waals surface area contributed by atoms with Crippen molar-refractivity contribution in [3.05, 3.63) is 116 Å². The Labute approximate surface area is 197 Å². The first kappa shape index (κ1) is 23.2. The number of nitrogens with zero attached hydrogens (tertiary/aromatic N) is 2. The molecule has 0 fully saturated rings. The van der Waals surface area contributed by atoms with Gasteiger partial charge in [0.15, 0.2) is 0 Å². The Morgan fingerprint density at radius 3 is 2.29 bits per heavy atom. The second-order valence-corrected chi connectivity index (χ2v) is 8.01. The van der Waals surface area contributed by atoms with Gasteiger partial charge in [0.25, 0.3) is 5.56 Å². The van der Waals surface area contributed by atoms with Crippen LogP contribution < -0.4 is 16.6 Å². The van der Waals surface area contributed by atoms with Crippen LogP contribution in [0.2, 0.25) is 0 Å². The van der Waals surface area contributed by atoms with Gasteiger partial charge in [-0.05, 0) is 35.7 Å². The van der Waals surface area contributed by atoms with Crippen LogP contribution in [-0.2, 0) is 42.4 Å². The zero-order valence-electron chi connectivity index (χ0n) is 19.1. The fourth-order valence-corrected chi connectivity index (χ4v) is 3.89. The predicted molar refractivity (Wildman–Crippen MR) is 131 cm³/mol. The molecule has 1 heterocycles. The molecule has 7 heteroatoms. The van der Waals surface area contributed by atoms with Gasteiger partial charge in [0.2, 0.25) is 5.91 Å². The summed E-state index contributed by atoms with van der Waals surface area (Å²) in [6.45, 7) is 3.13. The van der Waals surface area contributed by atoms with E-state index >= 15 is 0 Å². The molecule has 0 aliphatic rings. The second kappa shape index (κ2) is 10.8. The van der Waals surface area contributed by atoms with Gasteiger partial charge in [-0.1, -0.05) is 66.7 Å². The molecule has 4 rings (SSSR count). The zero-order valence-corrected chi connectivity index (χ0v) is 19.1. The van der Waals surface area contributed by atoms with Crippen LogP contribution >= 0.6 is 0 Å². The van der Waals surface area contributed by atoms with E-state index in [4.69, 9.17) is 4.74 Å². The molecule has 0 unspecified atom stereocenters. The highest BCUT2D eigenvalue weighted by atomic mass is 16.5. The van der Waals surface area contributed by atoms with Crippen LogP contribution in [-0.4, -0.2) is 15.0 Å². The van der Waals surface area contributed by atoms with Crippen LogP contribution in [0, 0.1) is 0 Å². The number of ether oxygens (including phenoxy) is 1. The fraction of sp³-hybridized carbons (Fsp3) is 0.222. The molecule has 0 aliphatic carbocycles. The molecule has 0 spiro atoms. The summed E-state index contributed by atoms with van der Waals surface area (Å²) in [5.74, 6) is -0.306. The minimum atomic E-state index is -0.487. The average molecular weight is 458 g/mol. The number of aromatic nitrogens is 2. The van der Waals surface area contributed by atoms with Gasteiger partial charge in [0.05, 0.1) is 24.1 Å². The topological polar surface area (TPSA) is 82.3 Å². The zero-order chi connectivity index (χ0) is 23.9. The van der Waals surface area contributed by atoms with Gasteiger partial charge < -0.3 is 10.1 Å². The van der Waals surface area contributed by atoms with Crippen molar-refractivity contribution >= 4 is 16.8 Å². The standard InChI is InChI=1S/C27H27N3O4/c1-2-29-26(32)23-13-6-7-14-24(23)30(27(29)33)17-25(31)28-16-21-11-8-12-22(15-21)19-34-18-20-9-4-3-5-10-20/h3-15H,2,16-19H2,1H3,(H,28,31). The van der Waals surface area contributed by atoms with Crippen LogP contribution in [0.25, 0.3) is 10.9 Å². The molecule has 0 bridgehead atoms. The Bertz CT molecular complexity index is 1410. The molecule has 0 radical (unpaired) electrons. The van der Waals surface area contributed by atoms with Gasteiger partial charge in [-0.15, -0.1) is 0 Å². The minimum absolute atomic E-state index is 0.167. The summed E-state index contributed by atoms with van der Waals surface area (Å²) < 4.78 is 8.30. The molecule has 7 nitrogen and oxygen atoms in total. The molecule has 1 aromatic heterocycles. The number of hydrogen-bond acceptors (Lipinski definition) is 4. The molecular weight excluding hydrogens is 430 g/mol. The van der Waals surface area contributed by atoms with Gasteiger partial charge in [-0.2, -0.15) is 0 Å².